The van der Waals surface area contributed by atoms with Crippen molar-refractivity contribution in [1.29, 1.82) is 0 Å². The van der Waals surface area contributed by atoms with Gasteiger partial charge < -0.3 is 5.11 Å². The van der Waals surface area contributed by atoms with Crippen molar-refractivity contribution in [2.24, 2.45) is 78.8 Å². The largest absolute Gasteiger partial charge is 0.400 e. The molecule has 370 valence electrons. The Morgan fingerprint density at radius 1 is 0.500 bits per heavy atom. The summed E-state index contributed by atoms with van der Waals surface area (Å²) in [5, 5.41) is 7.00. The normalized spacial score (nSPS) is 34.1. The van der Waals surface area contributed by atoms with Gasteiger partial charge >= 0.3 is 0 Å². The summed E-state index contributed by atoms with van der Waals surface area (Å²) in [4.78, 5) is 0. The van der Waals surface area contributed by atoms with Crippen LogP contribution in [-0.2, 0) is 0 Å². The Morgan fingerprint density at radius 3 is 1.11 bits per heavy atom. The fourth-order valence-electron chi connectivity index (χ4n) is 16.8. The van der Waals surface area contributed by atoms with Gasteiger partial charge in [0.1, 0.15) is 0 Å². The molecule has 0 unspecified atom stereocenters. The molecule has 0 heterocycles. The smallest absolute Gasteiger partial charge is 0.0319 e. The van der Waals surface area contributed by atoms with Gasteiger partial charge in [-0.3, -0.25) is 0 Å². The van der Waals surface area contributed by atoms with Crippen LogP contribution in [0.15, 0.2) is 46.6 Å². The van der Waals surface area contributed by atoms with Crippen LogP contribution in [0.5, 0.6) is 0 Å². The minimum absolute atomic E-state index is 0.452. The molecule has 0 saturated heterocycles. The summed E-state index contributed by atoms with van der Waals surface area (Å²) in [6, 6.07) is 0. The van der Waals surface area contributed by atoms with Crippen molar-refractivity contribution in [2.45, 2.75) is 266 Å². The first-order valence-electron chi connectivity index (χ1n) is 27.6. The molecule has 0 aliphatic heterocycles. The van der Waals surface area contributed by atoms with Gasteiger partial charge in [-0.05, 0) is 194 Å². The summed E-state index contributed by atoms with van der Waals surface area (Å²) < 4.78 is 0. The molecular formula is C63H112O. The van der Waals surface area contributed by atoms with Crippen LogP contribution in [0.4, 0.5) is 0 Å². The number of fused-ring (bicyclic) bond motifs is 2. The lowest BCUT2D eigenvalue weighted by Crippen LogP contribution is -2.36. The van der Waals surface area contributed by atoms with Crippen molar-refractivity contribution in [3.05, 3.63) is 46.6 Å². The number of rotatable bonds is 10. The van der Waals surface area contributed by atoms with Crippen molar-refractivity contribution < 1.29 is 5.11 Å². The minimum Gasteiger partial charge on any atom is -0.400 e. The van der Waals surface area contributed by atoms with Crippen LogP contribution in [0.1, 0.15) is 266 Å². The zero-order valence-electron chi connectivity index (χ0n) is 46.8. The second kappa shape index (κ2) is 21.7. The second-order valence-electron chi connectivity index (χ2n) is 29.9. The number of aliphatic hydroxyl groups is 1. The second-order valence-corrected chi connectivity index (χ2v) is 29.9. The van der Waals surface area contributed by atoms with E-state index < -0.39 is 0 Å². The van der Waals surface area contributed by atoms with Gasteiger partial charge in [-0.15, -0.1) is 0 Å². The Labute approximate surface area is 401 Å². The standard InChI is InChI=1S/2C31H54.CH4O/c2*1-23(12-10-18-28(2,3)4)26-16-17-27-25(13-11-19-31(26,27)9)15-14-24-20-29(5,6)22-30(7,8)21-24;1-2/h2*14-15,23,26-27H,10-13,16-22H2,1-9H3;2H,1H3/b2*25-15+;/t2*23-,26-,27+,31-;/m11./s1. The first-order chi connectivity index (χ1) is 29.4. The molecule has 0 aromatic rings. The van der Waals surface area contributed by atoms with Crippen LogP contribution < -0.4 is 0 Å². The monoisotopic (exact) mass is 885 g/mol. The van der Waals surface area contributed by atoms with E-state index in [4.69, 9.17) is 5.11 Å². The number of hydrogen-bond acceptors (Lipinski definition) is 1. The average molecular weight is 886 g/mol. The highest BCUT2D eigenvalue weighted by Crippen LogP contribution is 2.62. The van der Waals surface area contributed by atoms with Crippen molar-refractivity contribution in [3.8, 4) is 0 Å². The fourth-order valence-corrected chi connectivity index (χ4v) is 16.8. The molecule has 1 nitrogen and oxygen atoms in total. The fraction of sp³-hybridized carbons (Fsp3) is 0.873. The van der Waals surface area contributed by atoms with E-state index in [0.29, 0.717) is 43.3 Å². The summed E-state index contributed by atoms with van der Waals surface area (Å²) in [7, 11) is 1.00. The zero-order valence-corrected chi connectivity index (χ0v) is 46.8. The lowest BCUT2D eigenvalue weighted by Gasteiger charge is -2.44. The Morgan fingerprint density at radius 2 is 0.812 bits per heavy atom. The number of hydrogen-bond donors (Lipinski definition) is 1. The Balaban J connectivity index is 0.000000270. The quantitative estimate of drug-likeness (QED) is 0.232. The Hall–Kier alpha value is -1.08. The Bertz CT molecular complexity index is 1450. The van der Waals surface area contributed by atoms with Gasteiger partial charge in [-0.2, -0.15) is 0 Å². The van der Waals surface area contributed by atoms with Crippen LogP contribution in [0.2, 0.25) is 0 Å². The summed E-state index contributed by atoms with van der Waals surface area (Å²) in [5.41, 5.74) is 10.9. The van der Waals surface area contributed by atoms with Gasteiger partial charge in [0.2, 0.25) is 0 Å². The first kappa shape index (κ1) is 55.5. The zero-order chi connectivity index (χ0) is 48.2. The molecule has 0 spiro atoms. The predicted molar refractivity (Wildman–Crippen MR) is 285 cm³/mol. The van der Waals surface area contributed by atoms with Crippen molar-refractivity contribution in [2.75, 3.05) is 7.11 Å². The molecular weight excluding hydrogens is 773 g/mol. The molecule has 0 aromatic heterocycles. The van der Waals surface area contributed by atoms with Crippen molar-refractivity contribution >= 4 is 0 Å². The molecule has 6 aliphatic rings. The van der Waals surface area contributed by atoms with E-state index in [-0.39, 0.29) is 0 Å². The van der Waals surface area contributed by atoms with Gasteiger partial charge in [0.05, 0.1) is 0 Å². The van der Waals surface area contributed by atoms with Crippen LogP contribution in [0, 0.1) is 78.8 Å². The number of allylic oxidation sites excluding steroid dienone is 8. The highest BCUT2D eigenvalue weighted by atomic mass is 16.2. The maximum Gasteiger partial charge on any atom is 0.0319 e. The molecule has 0 aromatic carbocycles. The molecule has 6 aliphatic carbocycles. The highest BCUT2D eigenvalue weighted by molar-refractivity contribution is 5.28. The van der Waals surface area contributed by atoms with Gasteiger partial charge in [0, 0.05) is 7.11 Å². The summed E-state index contributed by atoms with van der Waals surface area (Å²) >= 11 is 0. The average Bonchev–Trinajstić information content (AvgIpc) is 3.68. The molecule has 0 amide bonds. The van der Waals surface area contributed by atoms with Crippen LogP contribution in [-0.4, -0.2) is 12.2 Å². The summed E-state index contributed by atoms with van der Waals surface area (Å²) in [6.45, 7) is 44.6. The SMILES string of the molecule is CO.C[C@H](CCCC(C)(C)C)[C@H]1CC[C@H]2/C(=C/C=C3CC(C)(C)CC(C)(C)C3)CCC[C@]12C.C[C@H](CCCC(C)(C)C)[C@H]1CC[C@H]2/C(=C/C=C3CC(C)(C)CC(C)(C)C3)CCC[C@]12C. The third kappa shape index (κ3) is 15.5. The van der Waals surface area contributed by atoms with Gasteiger partial charge in [0.25, 0.3) is 0 Å². The lowest BCUT2D eigenvalue weighted by atomic mass is 9.60. The van der Waals surface area contributed by atoms with Crippen LogP contribution in [0.3, 0.4) is 0 Å². The first-order valence-corrected chi connectivity index (χ1v) is 27.6. The van der Waals surface area contributed by atoms with E-state index in [2.05, 4.69) is 149 Å². The molecule has 0 radical (unpaired) electrons. The van der Waals surface area contributed by atoms with Gasteiger partial charge in [-0.1, -0.05) is 197 Å². The van der Waals surface area contributed by atoms with Crippen LogP contribution in [0.25, 0.3) is 0 Å². The molecule has 6 fully saturated rings. The van der Waals surface area contributed by atoms with E-state index in [1.807, 2.05) is 0 Å². The van der Waals surface area contributed by atoms with Gasteiger partial charge in [-0.25, -0.2) is 0 Å². The van der Waals surface area contributed by atoms with E-state index in [9.17, 15) is 0 Å². The predicted octanol–water partition coefficient (Wildman–Crippen LogP) is 19.9. The molecule has 6 saturated carbocycles. The highest BCUT2D eigenvalue weighted by Gasteiger charge is 2.52. The maximum atomic E-state index is 7.00. The third-order valence-electron chi connectivity index (χ3n) is 18.4. The van der Waals surface area contributed by atoms with E-state index in [1.165, 1.54) is 141 Å². The third-order valence-corrected chi connectivity index (χ3v) is 18.4. The lowest BCUT2D eigenvalue weighted by molar-refractivity contribution is 0.0919. The molecule has 1 heteroatoms. The van der Waals surface area contributed by atoms with Gasteiger partial charge in [0.15, 0.2) is 0 Å². The Kier molecular flexibility index (Phi) is 18.8. The number of aliphatic hydroxyl groups excluding tert-OH is 1. The molecule has 8 atom stereocenters. The summed E-state index contributed by atoms with van der Waals surface area (Å²) in [5.74, 6) is 5.32. The minimum atomic E-state index is 0.452. The van der Waals surface area contributed by atoms with Crippen LogP contribution >= 0.6 is 0 Å². The molecule has 0 bridgehead atoms. The van der Waals surface area contributed by atoms with E-state index in [0.717, 1.165) is 42.6 Å². The maximum absolute atomic E-state index is 7.00. The van der Waals surface area contributed by atoms with E-state index in [1.54, 1.807) is 22.3 Å². The molecule has 1 N–H and O–H groups in total. The molecule has 64 heavy (non-hydrogen) atoms. The topological polar surface area (TPSA) is 20.2 Å². The van der Waals surface area contributed by atoms with Crippen molar-refractivity contribution in [3.63, 3.8) is 0 Å². The summed E-state index contributed by atoms with van der Waals surface area (Å²) in [6.07, 6.45) is 40.9. The molecule has 6 rings (SSSR count). The van der Waals surface area contributed by atoms with E-state index >= 15 is 0 Å². The van der Waals surface area contributed by atoms with Crippen molar-refractivity contribution in [1.82, 2.24) is 0 Å².